The SMILES string of the molecule is COc1ccccc1N1CCN(c2cc(Oc3ccc(F)cc3C)ncn2)CC1. The fourth-order valence-corrected chi connectivity index (χ4v) is 3.47. The highest BCUT2D eigenvalue weighted by atomic mass is 19.1. The predicted molar refractivity (Wildman–Crippen MR) is 111 cm³/mol. The second kappa shape index (κ2) is 8.34. The van der Waals surface area contributed by atoms with E-state index in [0.29, 0.717) is 11.6 Å². The molecule has 1 aliphatic heterocycles. The largest absolute Gasteiger partial charge is 0.495 e. The average molecular weight is 394 g/mol. The number of aromatic nitrogens is 2. The van der Waals surface area contributed by atoms with Crippen LogP contribution in [0.3, 0.4) is 0 Å². The lowest BCUT2D eigenvalue weighted by molar-refractivity contribution is 0.413. The predicted octanol–water partition coefficient (Wildman–Crippen LogP) is 4.05. The summed E-state index contributed by atoms with van der Waals surface area (Å²) in [6, 6.07) is 14.3. The molecule has 6 nitrogen and oxygen atoms in total. The van der Waals surface area contributed by atoms with Gasteiger partial charge < -0.3 is 19.3 Å². The Kier molecular flexibility index (Phi) is 5.46. The molecule has 1 saturated heterocycles. The molecule has 0 aliphatic carbocycles. The van der Waals surface area contributed by atoms with E-state index in [1.54, 1.807) is 20.1 Å². The van der Waals surface area contributed by atoms with E-state index >= 15 is 0 Å². The van der Waals surface area contributed by atoms with Crippen LogP contribution < -0.4 is 19.3 Å². The maximum Gasteiger partial charge on any atom is 0.224 e. The first-order chi connectivity index (χ1) is 14.1. The standard InChI is InChI=1S/C22H23FN4O2/c1-16-13-17(23)7-8-19(16)29-22-14-21(24-15-25-22)27-11-9-26(10-12-27)18-5-3-4-6-20(18)28-2/h3-8,13-15H,9-12H2,1-2H3. The molecule has 2 heterocycles. The zero-order valence-corrected chi connectivity index (χ0v) is 16.5. The Morgan fingerprint density at radius 1 is 0.897 bits per heavy atom. The van der Waals surface area contributed by atoms with Crippen molar-refractivity contribution in [1.82, 2.24) is 9.97 Å². The molecule has 0 unspecified atom stereocenters. The van der Waals surface area contributed by atoms with E-state index in [1.807, 2.05) is 24.3 Å². The monoisotopic (exact) mass is 394 g/mol. The lowest BCUT2D eigenvalue weighted by Gasteiger charge is -2.37. The molecular formula is C22H23FN4O2. The molecule has 0 atom stereocenters. The van der Waals surface area contributed by atoms with Gasteiger partial charge >= 0.3 is 0 Å². The lowest BCUT2D eigenvalue weighted by Crippen LogP contribution is -2.47. The molecule has 0 amide bonds. The number of benzene rings is 2. The first-order valence-corrected chi connectivity index (χ1v) is 9.53. The highest BCUT2D eigenvalue weighted by Crippen LogP contribution is 2.30. The van der Waals surface area contributed by atoms with Crippen LogP contribution in [-0.4, -0.2) is 43.3 Å². The van der Waals surface area contributed by atoms with E-state index in [1.165, 1.54) is 18.5 Å². The lowest BCUT2D eigenvalue weighted by atomic mass is 10.2. The highest BCUT2D eigenvalue weighted by Gasteiger charge is 2.21. The molecule has 0 spiro atoms. The van der Waals surface area contributed by atoms with Crippen LogP contribution in [0.15, 0.2) is 54.9 Å². The van der Waals surface area contributed by atoms with Gasteiger partial charge in [0.1, 0.15) is 29.5 Å². The second-order valence-corrected chi connectivity index (χ2v) is 6.87. The summed E-state index contributed by atoms with van der Waals surface area (Å²) in [5.41, 5.74) is 1.82. The number of hydrogen-bond donors (Lipinski definition) is 0. The molecule has 7 heteroatoms. The van der Waals surface area contributed by atoms with Crippen molar-refractivity contribution in [3.05, 3.63) is 66.2 Å². The summed E-state index contributed by atoms with van der Waals surface area (Å²) in [5.74, 6) is 2.43. The third kappa shape index (κ3) is 4.23. The van der Waals surface area contributed by atoms with Crippen LogP contribution in [0.1, 0.15) is 5.56 Å². The molecule has 2 aromatic carbocycles. The zero-order chi connectivity index (χ0) is 20.2. The first kappa shape index (κ1) is 19.0. The van der Waals surface area contributed by atoms with Crippen molar-refractivity contribution in [2.24, 2.45) is 0 Å². The summed E-state index contributed by atoms with van der Waals surface area (Å²) in [7, 11) is 1.69. The van der Waals surface area contributed by atoms with Crippen molar-refractivity contribution >= 4 is 11.5 Å². The van der Waals surface area contributed by atoms with Crippen molar-refractivity contribution in [2.45, 2.75) is 6.92 Å². The van der Waals surface area contributed by atoms with Gasteiger partial charge in [-0.15, -0.1) is 0 Å². The van der Waals surface area contributed by atoms with Crippen LogP contribution in [-0.2, 0) is 0 Å². The maximum atomic E-state index is 13.3. The topological polar surface area (TPSA) is 50.7 Å². The second-order valence-electron chi connectivity index (χ2n) is 6.87. The number of methoxy groups -OCH3 is 1. The van der Waals surface area contributed by atoms with Crippen molar-refractivity contribution in [3.8, 4) is 17.4 Å². The van der Waals surface area contributed by atoms with E-state index in [0.717, 1.165) is 49.0 Å². The minimum Gasteiger partial charge on any atom is -0.495 e. The fourth-order valence-electron chi connectivity index (χ4n) is 3.47. The number of nitrogens with zero attached hydrogens (tertiary/aromatic N) is 4. The van der Waals surface area contributed by atoms with Crippen molar-refractivity contribution < 1.29 is 13.9 Å². The summed E-state index contributed by atoms with van der Waals surface area (Å²) in [4.78, 5) is 13.1. The molecule has 0 saturated carbocycles. The molecular weight excluding hydrogens is 371 g/mol. The quantitative estimate of drug-likeness (QED) is 0.651. The van der Waals surface area contributed by atoms with Crippen LogP contribution in [0.25, 0.3) is 0 Å². The number of piperazine rings is 1. The van der Waals surface area contributed by atoms with E-state index in [9.17, 15) is 4.39 Å². The molecule has 0 bridgehead atoms. The normalized spacial score (nSPS) is 14.0. The van der Waals surface area contributed by atoms with E-state index in [4.69, 9.17) is 9.47 Å². The van der Waals surface area contributed by atoms with Crippen molar-refractivity contribution in [3.63, 3.8) is 0 Å². The number of rotatable bonds is 5. The summed E-state index contributed by atoms with van der Waals surface area (Å²) >= 11 is 0. The average Bonchev–Trinajstić information content (AvgIpc) is 2.76. The molecule has 0 radical (unpaired) electrons. The summed E-state index contributed by atoms with van der Waals surface area (Å²) < 4.78 is 24.6. The minimum atomic E-state index is -0.286. The Bertz CT molecular complexity index is 990. The smallest absolute Gasteiger partial charge is 0.224 e. The van der Waals surface area contributed by atoms with Gasteiger partial charge in [-0.1, -0.05) is 12.1 Å². The molecule has 150 valence electrons. The van der Waals surface area contributed by atoms with Crippen LogP contribution >= 0.6 is 0 Å². The van der Waals surface area contributed by atoms with Crippen LogP contribution in [0.2, 0.25) is 0 Å². The van der Waals surface area contributed by atoms with Gasteiger partial charge in [0.15, 0.2) is 0 Å². The Morgan fingerprint density at radius 3 is 2.41 bits per heavy atom. The Morgan fingerprint density at radius 2 is 1.66 bits per heavy atom. The Labute approximate surface area is 169 Å². The van der Waals surface area contributed by atoms with Gasteiger partial charge in [-0.25, -0.2) is 14.4 Å². The first-order valence-electron chi connectivity index (χ1n) is 9.53. The zero-order valence-electron chi connectivity index (χ0n) is 16.5. The van der Waals surface area contributed by atoms with Crippen LogP contribution in [0, 0.1) is 12.7 Å². The van der Waals surface area contributed by atoms with E-state index in [2.05, 4.69) is 25.8 Å². The van der Waals surface area contributed by atoms with Gasteiger partial charge in [0.25, 0.3) is 0 Å². The van der Waals surface area contributed by atoms with E-state index in [-0.39, 0.29) is 5.82 Å². The number of aryl methyl sites for hydroxylation is 1. The summed E-state index contributed by atoms with van der Waals surface area (Å²) in [6.07, 6.45) is 1.50. The molecule has 1 aromatic heterocycles. The van der Waals surface area contributed by atoms with Crippen molar-refractivity contribution in [1.29, 1.82) is 0 Å². The third-order valence-corrected chi connectivity index (χ3v) is 5.01. The molecule has 0 N–H and O–H groups in total. The summed E-state index contributed by atoms with van der Waals surface area (Å²) in [6.45, 7) is 5.17. The number of anilines is 2. The van der Waals surface area contributed by atoms with Gasteiger partial charge in [-0.3, -0.25) is 0 Å². The molecule has 3 aromatic rings. The third-order valence-electron chi connectivity index (χ3n) is 5.01. The van der Waals surface area contributed by atoms with Crippen molar-refractivity contribution in [2.75, 3.05) is 43.1 Å². The van der Waals surface area contributed by atoms with Gasteiger partial charge in [-0.2, -0.15) is 0 Å². The molecule has 29 heavy (non-hydrogen) atoms. The number of halogens is 1. The molecule has 1 aliphatic rings. The number of hydrogen-bond acceptors (Lipinski definition) is 6. The minimum absolute atomic E-state index is 0.286. The Balaban J connectivity index is 1.44. The number of para-hydroxylation sites is 2. The maximum absolute atomic E-state index is 13.3. The molecule has 1 fully saturated rings. The molecule has 4 rings (SSSR count). The fraction of sp³-hybridized carbons (Fsp3) is 0.273. The number of ether oxygens (including phenoxy) is 2. The van der Waals surface area contributed by atoms with E-state index < -0.39 is 0 Å². The van der Waals surface area contributed by atoms with Gasteiger partial charge in [0.05, 0.1) is 12.8 Å². The Hall–Kier alpha value is -3.35. The summed E-state index contributed by atoms with van der Waals surface area (Å²) in [5, 5.41) is 0. The van der Waals surface area contributed by atoms with Gasteiger partial charge in [0, 0.05) is 32.2 Å². The highest BCUT2D eigenvalue weighted by molar-refractivity contribution is 5.59. The van der Waals surface area contributed by atoms with Gasteiger partial charge in [-0.05, 0) is 42.8 Å². The van der Waals surface area contributed by atoms with Gasteiger partial charge in [0.2, 0.25) is 5.88 Å². The van der Waals surface area contributed by atoms with Crippen LogP contribution in [0.4, 0.5) is 15.9 Å². The van der Waals surface area contributed by atoms with Crippen LogP contribution in [0.5, 0.6) is 17.4 Å².